The molecule has 1 unspecified atom stereocenters. The Labute approximate surface area is 190 Å². The van der Waals surface area contributed by atoms with E-state index in [-0.39, 0.29) is 11.4 Å². The molecule has 32 heavy (non-hydrogen) atoms. The van der Waals surface area contributed by atoms with Gasteiger partial charge in [-0.05, 0) is 50.1 Å². The Kier molecular flexibility index (Phi) is 6.59. The van der Waals surface area contributed by atoms with Crippen molar-refractivity contribution in [3.8, 4) is 0 Å². The molecule has 0 amide bonds. The fourth-order valence-corrected chi connectivity index (χ4v) is 4.70. The molecule has 3 heterocycles. The molecule has 3 aromatic rings. The number of piperazine rings is 1. The third-order valence-corrected chi connectivity index (χ3v) is 6.81. The van der Waals surface area contributed by atoms with Gasteiger partial charge >= 0.3 is 0 Å². The lowest BCUT2D eigenvalue weighted by Crippen LogP contribution is -2.53. The number of hydrogen-bond donors (Lipinski definition) is 4. The topological polar surface area (TPSA) is 105 Å². The Morgan fingerprint density at radius 3 is 2.41 bits per heavy atom. The minimum Gasteiger partial charge on any atom is -0.390 e. The zero-order valence-corrected chi connectivity index (χ0v) is 19.1. The van der Waals surface area contributed by atoms with Crippen LogP contribution in [0.15, 0.2) is 24.4 Å². The van der Waals surface area contributed by atoms with Crippen LogP contribution in [-0.2, 0) is 0 Å². The summed E-state index contributed by atoms with van der Waals surface area (Å²) < 4.78 is 15.6. The molecular weight excluding hydrogens is 433 g/mol. The molecule has 0 bridgehead atoms. The molecule has 0 aliphatic carbocycles. The molecule has 0 radical (unpaired) electrons. The number of pyridine rings is 1. The van der Waals surface area contributed by atoms with Gasteiger partial charge in [0.05, 0.1) is 16.3 Å². The fraction of sp³-hybridized carbons (Fsp3) is 0.455. The third-order valence-electron chi connectivity index (χ3n) is 5.86. The predicted molar refractivity (Wildman–Crippen MR) is 123 cm³/mol. The molecule has 172 valence electrons. The largest absolute Gasteiger partial charge is 0.390 e. The summed E-state index contributed by atoms with van der Waals surface area (Å²) in [5, 5.41) is 33.7. The van der Waals surface area contributed by atoms with E-state index in [1.807, 2.05) is 11.0 Å². The van der Waals surface area contributed by atoms with Crippen LogP contribution in [0.5, 0.6) is 0 Å². The predicted octanol–water partition coefficient (Wildman–Crippen LogP) is 2.37. The molecular formula is C22H28FN5O3S. The van der Waals surface area contributed by atoms with Crippen LogP contribution >= 0.6 is 11.3 Å². The summed E-state index contributed by atoms with van der Waals surface area (Å²) >= 11 is 1.50. The van der Waals surface area contributed by atoms with Gasteiger partial charge in [0, 0.05) is 37.9 Å². The normalized spacial score (nSPS) is 18.0. The van der Waals surface area contributed by atoms with Crippen molar-refractivity contribution in [2.75, 3.05) is 36.4 Å². The van der Waals surface area contributed by atoms with Crippen LogP contribution in [0.2, 0.25) is 0 Å². The van der Waals surface area contributed by atoms with Gasteiger partial charge in [-0.25, -0.2) is 14.4 Å². The number of thiazole rings is 1. The minimum atomic E-state index is -1.18. The highest BCUT2D eigenvalue weighted by Gasteiger charge is 2.26. The van der Waals surface area contributed by atoms with Gasteiger partial charge in [0.15, 0.2) is 23.1 Å². The van der Waals surface area contributed by atoms with Crippen molar-refractivity contribution < 1.29 is 19.7 Å². The molecule has 1 fully saturated rings. The number of aryl methyl sites for hydroxylation is 2. The Hall–Kier alpha value is -2.37. The number of aliphatic hydroxyl groups is 3. The maximum absolute atomic E-state index is 14.6. The van der Waals surface area contributed by atoms with E-state index in [1.54, 1.807) is 4.90 Å². The highest BCUT2D eigenvalue weighted by molar-refractivity contribution is 7.22. The molecule has 1 aliphatic heterocycles. The molecule has 4 N–H and O–H groups in total. The van der Waals surface area contributed by atoms with Crippen LogP contribution in [0.1, 0.15) is 29.7 Å². The second-order valence-electron chi connectivity index (χ2n) is 8.22. The second kappa shape index (κ2) is 9.24. The van der Waals surface area contributed by atoms with Crippen molar-refractivity contribution in [1.29, 1.82) is 0 Å². The number of fused-ring (bicyclic) bond motifs is 1. The standard InChI is InChI=1S/C22H28FN5O3S/c1-12-8-17-18(9-13(12)2)32-21(25-17)26-22(31)28-6-4-27(5-7-28)20-16(23)10-15(11-24-20)19(30)14(3)29/h8-11,14,19,22,29-31H,4-7H2,1-3H3,(H,25,26)/t14-,19+,22?/m0/s1. The van der Waals surface area contributed by atoms with Crippen molar-refractivity contribution in [3.05, 3.63) is 46.9 Å². The molecule has 0 spiro atoms. The number of aromatic nitrogens is 2. The second-order valence-corrected chi connectivity index (χ2v) is 9.25. The highest BCUT2D eigenvalue weighted by Crippen LogP contribution is 2.29. The quantitative estimate of drug-likeness (QED) is 0.415. The van der Waals surface area contributed by atoms with Crippen LogP contribution in [0.4, 0.5) is 15.3 Å². The van der Waals surface area contributed by atoms with E-state index >= 15 is 0 Å². The summed E-state index contributed by atoms with van der Waals surface area (Å²) in [7, 11) is 0. The van der Waals surface area contributed by atoms with Crippen LogP contribution < -0.4 is 10.2 Å². The lowest BCUT2D eigenvalue weighted by molar-refractivity contribution is 0.0223. The molecule has 1 aliphatic rings. The number of nitrogens with one attached hydrogen (secondary N) is 1. The summed E-state index contributed by atoms with van der Waals surface area (Å²) in [5.74, 6) is -0.347. The average molecular weight is 462 g/mol. The van der Waals surface area contributed by atoms with Gasteiger partial charge < -0.3 is 25.5 Å². The van der Waals surface area contributed by atoms with E-state index in [4.69, 9.17) is 0 Å². The van der Waals surface area contributed by atoms with Gasteiger partial charge in [0.1, 0.15) is 6.10 Å². The number of anilines is 2. The zero-order chi connectivity index (χ0) is 23.0. The summed E-state index contributed by atoms with van der Waals surface area (Å²) in [4.78, 5) is 12.4. The van der Waals surface area contributed by atoms with E-state index < -0.39 is 24.4 Å². The van der Waals surface area contributed by atoms with Gasteiger partial charge in [-0.3, -0.25) is 4.90 Å². The van der Waals surface area contributed by atoms with E-state index in [1.165, 1.54) is 41.7 Å². The Morgan fingerprint density at radius 1 is 1.06 bits per heavy atom. The maximum Gasteiger partial charge on any atom is 0.186 e. The minimum absolute atomic E-state index is 0.200. The third kappa shape index (κ3) is 4.69. The van der Waals surface area contributed by atoms with Crippen molar-refractivity contribution in [3.63, 3.8) is 0 Å². The van der Waals surface area contributed by atoms with Crippen LogP contribution in [0, 0.1) is 19.7 Å². The number of halogens is 1. The number of nitrogens with zero attached hydrogens (tertiary/aromatic N) is 4. The number of benzene rings is 1. The van der Waals surface area contributed by atoms with Crippen LogP contribution in [0.3, 0.4) is 0 Å². The number of aliphatic hydroxyl groups excluding tert-OH is 3. The van der Waals surface area contributed by atoms with Gasteiger partial charge in [-0.15, -0.1) is 0 Å². The zero-order valence-electron chi connectivity index (χ0n) is 18.3. The molecule has 1 aromatic carbocycles. The Morgan fingerprint density at radius 2 is 1.75 bits per heavy atom. The smallest absolute Gasteiger partial charge is 0.186 e. The van der Waals surface area contributed by atoms with E-state index in [9.17, 15) is 19.7 Å². The van der Waals surface area contributed by atoms with Gasteiger partial charge in [0.25, 0.3) is 0 Å². The molecule has 10 heteroatoms. The summed E-state index contributed by atoms with van der Waals surface area (Å²) in [6.45, 7) is 7.54. The molecule has 0 saturated carbocycles. The Balaban J connectivity index is 1.37. The Bertz CT molecular complexity index is 1060. The van der Waals surface area contributed by atoms with Gasteiger partial charge in [0.2, 0.25) is 0 Å². The molecule has 1 saturated heterocycles. The van der Waals surface area contributed by atoms with Crippen molar-refractivity contribution >= 4 is 32.5 Å². The first kappa shape index (κ1) is 22.8. The summed E-state index contributed by atoms with van der Waals surface area (Å²) in [6, 6.07) is 5.36. The van der Waals surface area contributed by atoms with Crippen LogP contribution in [0.25, 0.3) is 10.2 Å². The van der Waals surface area contributed by atoms with Crippen molar-refractivity contribution in [1.82, 2.24) is 14.9 Å². The van der Waals surface area contributed by atoms with Gasteiger partial charge in [-0.2, -0.15) is 0 Å². The summed E-state index contributed by atoms with van der Waals surface area (Å²) in [5.41, 5.74) is 3.53. The van der Waals surface area contributed by atoms with Crippen molar-refractivity contribution in [2.24, 2.45) is 0 Å². The molecule has 3 atom stereocenters. The average Bonchev–Trinajstić information content (AvgIpc) is 3.14. The first-order valence-electron chi connectivity index (χ1n) is 10.6. The number of hydrogen-bond acceptors (Lipinski definition) is 9. The molecule has 4 rings (SSSR count). The first-order chi connectivity index (χ1) is 15.2. The van der Waals surface area contributed by atoms with E-state index in [2.05, 4.69) is 35.2 Å². The first-order valence-corrected chi connectivity index (χ1v) is 11.4. The lowest BCUT2D eigenvalue weighted by Gasteiger charge is -2.37. The molecule has 2 aromatic heterocycles. The van der Waals surface area contributed by atoms with E-state index in [0.717, 1.165) is 10.2 Å². The molecule has 8 nitrogen and oxygen atoms in total. The fourth-order valence-electron chi connectivity index (χ4n) is 3.74. The highest BCUT2D eigenvalue weighted by atomic mass is 32.1. The lowest BCUT2D eigenvalue weighted by atomic mass is 10.1. The van der Waals surface area contributed by atoms with Crippen molar-refractivity contribution in [2.45, 2.75) is 39.3 Å². The van der Waals surface area contributed by atoms with Gasteiger partial charge in [-0.1, -0.05) is 11.3 Å². The summed E-state index contributed by atoms with van der Waals surface area (Å²) in [6.07, 6.45) is -1.71. The SMILES string of the molecule is Cc1cc2nc(NC(O)N3CCN(c4ncc([C@H](O)[C@H](C)O)cc4F)CC3)sc2cc1C. The van der Waals surface area contributed by atoms with Crippen LogP contribution in [-0.4, -0.2) is 68.8 Å². The van der Waals surface area contributed by atoms with E-state index in [0.29, 0.717) is 31.3 Å². The maximum atomic E-state index is 14.6. The monoisotopic (exact) mass is 461 g/mol. The number of rotatable bonds is 6.